The average molecular weight is 439 g/mol. The Bertz CT molecular complexity index is 430. The highest BCUT2D eigenvalue weighted by Gasteiger charge is 2.49. The van der Waals surface area contributed by atoms with Crippen molar-refractivity contribution in [1.29, 1.82) is 0 Å². The van der Waals surface area contributed by atoms with Gasteiger partial charge in [0.05, 0.1) is 0 Å². The van der Waals surface area contributed by atoms with E-state index in [0.717, 1.165) is 0 Å². The van der Waals surface area contributed by atoms with Gasteiger partial charge in [0.25, 0.3) is 0 Å². The van der Waals surface area contributed by atoms with E-state index in [4.69, 9.17) is 31.3 Å². The quantitative estimate of drug-likeness (QED) is 0.232. The molecule has 0 spiro atoms. The van der Waals surface area contributed by atoms with Crippen molar-refractivity contribution in [2.24, 2.45) is 0 Å². The number of hydrogen-bond donors (Lipinski definition) is 0. The summed E-state index contributed by atoms with van der Waals surface area (Å²) in [4.78, 5) is 11.4. The molecule has 166 valence electrons. The summed E-state index contributed by atoms with van der Waals surface area (Å²) in [6.07, 6.45) is 0.556. The van der Waals surface area contributed by atoms with Crippen LogP contribution in [0.25, 0.3) is 0 Å². The number of carbonyl (C=O) groups excluding carboxylic acids is 1. The van der Waals surface area contributed by atoms with E-state index in [9.17, 15) is 4.79 Å². The molecule has 0 heterocycles. The van der Waals surface area contributed by atoms with Gasteiger partial charge >= 0.3 is 23.6 Å². The lowest BCUT2D eigenvalue weighted by Crippen LogP contribution is -2.56. The predicted molar refractivity (Wildman–Crippen MR) is 113 cm³/mol. The Morgan fingerprint density at radius 1 is 0.929 bits per heavy atom. The van der Waals surface area contributed by atoms with E-state index >= 15 is 0 Å². The topological polar surface area (TPSA) is 81.7 Å². The molecule has 0 radical (unpaired) electrons. The molecule has 1 atom stereocenters. The highest BCUT2D eigenvalue weighted by Crippen LogP contribution is 2.19. The van der Waals surface area contributed by atoms with Crippen LogP contribution < -0.4 is 0 Å². The maximum Gasteiger partial charge on any atom is 0.543 e. The Kier molecular flexibility index (Phi) is 16.8. The van der Waals surface area contributed by atoms with Gasteiger partial charge in [-0.15, -0.1) is 0 Å². The Hall–Kier alpha value is -0.856. The molecule has 0 aromatic carbocycles. The molecule has 0 aromatic heterocycles. The number of hydrogen-bond acceptors (Lipinski definition) is 8. The van der Waals surface area contributed by atoms with E-state index in [1.165, 1.54) is 21.3 Å². The van der Waals surface area contributed by atoms with E-state index in [-0.39, 0.29) is 0 Å². The molecular formula is C18H38O8Si2. The van der Waals surface area contributed by atoms with Crippen molar-refractivity contribution < 1.29 is 36.1 Å². The zero-order valence-corrected chi connectivity index (χ0v) is 20.7. The van der Waals surface area contributed by atoms with E-state index < -0.39 is 29.3 Å². The molecule has 28 heavy (non-hydrogen) atoms. The maximum atomic E-state index is 11.4. The number of ether oxygens (including phenoxy) is 1. The third-order valence-corrected chi connectivity index (χ3v) is 9.10. The van der Waals surface area contributed by atoms with Crippen molar-refractivity contribution >= 4 is 23.6 Å². The summed E-state index contributed by atoms with van der Waals surface area (Å²) in [6, 6.07) is 0. The first-order chi connectivity index (χ1) is 13.2. The minimum absolute atomic E-state index is 0.338. The van der Waals surface area contributed by atoms with E-state index in [1.54, 1.807) is 12.6 Å². The first kappa shape index (κ1) is 29.3. The normalized spacial score (nSPS) is 12.6. The molecular weight excluding hydrogens is 400 g/mol. The Balaban J connectivity index is 0. The molecule has 10 heteroatoms. The number of rotatable bonds is 14. The monoisotopic (exact) mass is 438 g/mol. The first-order valence-electron chi connectivity index (χ1n) is 9.29. The van der Waals surface area contributed by atoms with Crippen LogP contribution in [0.2, 0.25) is 0 Å². The highest BCUT2D eigenvalue weighted by atomic mass is 28.4. The fourth-order valence-electron chi connectivity index (χ4n) is 2.18. The SMILES string of the molecule is C=C(C)C(=O)OC(CC)[Si](OC)(OC)OC.C=C[Si](OCC)(OCC)OCC. The van der Waals surface area contributed by atoms with Gasteiger partial charge in [0.15, 0.2) is 5.73 Å². The van der Waals surface area contributed by atoms with Gasteiger partial charge in [-0.2, -0.15) is 0 Å². The van der Waals surface area contributed by atoms with Crippen LogP contribution >= 0.6 is 0 Å². The van der Waals surface area contributed by atoms with Crippen molar-refractivity contribution in [2.75, 3.05) is 41.2 Å². The lowest BCUT2D eigenvalue weighted by atomic mass is 10.4. The standard InChI is InChI=1S/C10H20O5Si.C8H18O3Si/c1-7-9(15-10(11)8(2)3)16(12-4,13-5)14-6;1-5-9-12(8-4,10-6-2)11-7-3/h9H,2,7H2,1,3-6H3;8H,4-7H2,1-3H3. The summed E-state index contributed by atoms with van der Waals surface area (Å²) >= 11 is 0. The minimum Gasteiger partial charge on any atom is -0.454 e. The molecule has 0 saturated heterocycles. The lowest BCUT2D eigenvalue weighted by molar-refractivity contribution is -0.143. The first-order valence-corrected chi connectivity index (χ1v) is 12.9. The van der Waals surface area contributed by atoms with Crippen molar-refractivity contribution in [3.63, 3.8) is 0 Å². The van der Waals surface area contributed by atoms with E-state index in [2.05, 4.69) is 13.2 Å². The van der Waals surface area contributed by atoms with Crippen LogP contribution in [-0.4, -0.2) is 70.5 Å². The largest absolute Gasteiger partial charge is 0.543 e. The average Bonchev–Trinajstić information content (AvgIpc) is 2.69. The van der Waals surface area contributed by atoms with Crippen molar-refractivity contribution in [2.45, 2.75) is 46.8 Å². The van der Waals surface area contributed by atoms with Crippen molar-refractivity contribution in [3.05, 3.63) is 24.4 Å². The van der Waals surface area contributed by atoms with Gasteiger partial charge in [-0.1, -0.05) is 20.1 Å². The molecule has 0 amide bonds. The molecule has 1 unspecified atom stereocenters. The molecule has 0 N–H and O–H groups in total. The second-order valence-corrected chi connectivity index (χ2v) is 11.0. The molecule has 0 aromatic rings. The van der Waals surface area contributed by atoms with Crippen LogP contribution in [0.3, 0.4) is 0 Å². The van der Waals surface area contributed by atoms with Gasteiger partial charge in [0.2, 0.25) is 0 Å². The Morgan fingerprint density at radius 3 is 1.54 bits per heavy atom. The van der Waals surface area contributed by atoms with Gasteiger partial charge in [-0.05, 0) is 39.8 Å². The number of carbonyl (C=O) groups is 1. The molecule has 0 rings (SSSR count). The zero-order valence-electron chi connectivity index (χ0n) is 18.7. The van der Waals surface area contributed by atoms with E-state index in [1.807, 2.05) is 27.7 Å². The van der Waals surface area contributed by atoms with Crippen LogP contribution in [0.5, 0.6) is 0 Å². The second-order valence-electron chi connectivity index (χ2n) is 5.41. The third kappa shape index (κ3) is 9.57. The van der Waals surface area contributed by atoms with Crippen LogP contribution in [0.15, 0.2) is 24.4 Å². The summed E-state index contributed by atoms with van der Waals surface area (Å²) in [5.41, 5.74) is 1.49. The summed E-state index contributed by atoms with van der Waals surface area (Å²) in [7, 11) is -0.997. The van der Waals surface area contributed by atoms with Gasteiger partial charge in [0.1, 0.15) is 0 Å². The van der Waals surface area contributed by atoms with Gasteiger partial charge in [0, 0.05) is 46.7 Å². The molecule has 0 aliphatic carbocycles. The van der Waals surface area contributed by atoms with Crippen molar-refractivity contribution in [3.8, 4) is 0 Å². The third-order valence-electron chi connectivity index (χ3n) is 3.50. The molecule has 0 aliphatic heterocycles. The molecule has 0 bridgehead atoms. The number of esters is 1. The Morgan fingerprint density at radius 2 is 1.32 bits per heavy atom. The van der Waals surface area contributed by atoms with Gasteiger partial charge in [-0.25, -0.2) is 4.79 Å². The fraction of sp³-hybridized carbons (Fsp3) is 0.722. The molecule has 0 fully saturated rings. The van der Waals surface area contributed by atoms with E-state index in [0.29, 0.717) is 31.8 Å². The van der Waals surface area contributed by atoms with Crippen LogP contribution in [0, 0.1) is 0 Å². The van der Waals surface area contributed by atoms with Crippen molar-refractivity contribution in [1.82, 2.24) is 0 Å². The van der Waals surface area contributed by atoms with Crippen LogP contribution in [0.4, 0.5) is 0 Å². The minimum atomic E-state index is -2.94. The summed E-state index contributed by atoms with van der Waals surface area (Å²) in [5.74, 6) is -0.463. The summed E-state index contributed by atoms with van der Waals surface area (Å²) in [6.45, 7) is 18.2. The zero-order chi connectivity index (χ0) is 22.2. The maximum absolute atomic E-state index is 11.4. The fourth-order valence-corrected chi connectivity index (χ4v) is 6.04. The summed E-state index contributed by atoms with van der Waals surface area (Å²) < 4.78 is 37.3. The van der Waals surface area contributed by atoms with Crippen LogP contribution in [-0.2, 0) is 36.1 Å². The van der Waals surface area contributed by atoms with Crippen LogP contribution in [0.1, 0.15) is 41.0 Å². The van der Waals surface area contributed by atoms with Gasteiger partial charge < -0.3 is 31.3 Å². The smallest absolute Gasteiger partial charge is 0.454 e. The summed E-state index contributed by atoms with van der Waals surface area (Å²) in [5, 5.41) is 0. The predicted octanol–water partition coefficient (Wildman–Crippen LogP) is 3.06. The Labute approximate surface area is 172 Å². The lowest BCUT2D eigenvalue weighted by Gasteiger charge is -2.31. The molecule has 0 aliphatic rings. The molecule has 8 nitrogen and oxygen atoms in total. The van der Waals surface area contributed by atoms with Gasteiger partial charge in [-0.3, -0.25) is 0 Å². The highest BCUT2D eigenvalue weighted by molar-refractivity contribution is 6.66. The second kappa shape index (κ2) is 16.0. The molecule has 0 saturated carbocycles.